The van der Waals surface area contributed by atoms with Gasteiger partial charge < -0.3 is 9.72 Å². The fraction of sp³-hybridized carbons (Fsp3) is 0.154. The summed E-state index contributed by atoms with van der Waals surface area (Å²) in [7, 11) is 1.45. The Morgan fingerprint density at radius 2 is 1.61 bits per heavy atom. The highest BCUT2D eigenvalue weighted by molar-refractivity contribution is 8.09. The van der Waals surface area contributed by atoms with Crippen LogP contribution >= 0.6 is 11.8 Å². The van der Waals surface area contributed by atoms with Crippen LogP contribution < -0.4 is 0 Å². The van der Waals surface area contributed by atoms with Gasteiger partial charge in [0.2, 0.25) is 0 Å². The van der Waals surface area contributed by atoms with Gasteiger partial charge in [-0.2, -0.15) is 0 Å². The number of carbonyl (C=O) groups is 1. The molecule has 1 aliphatic heterocycles. The molecule has 0 fully saturated rings. The lowest BCUT2D eigenvalue weighted by atomic mass is 9.80. The van der Waals surface area contributed by atoms with E-state index in [0.29, 0.717) is 0 Å². The molecule has 3 aromatic carbocycles. The van der Waals surface area contributed by atoms with Crippen LogP contribution in [0.3, 0.4) is 0 Å². The first kappa shape index (κ1) is 19.6. The van der Waals surface area contributed by atoms with Gasteiger partial charge in [-0.15, -0.1) is 11.8 Å². The zero-order valence-electron chi connectivity index (χ0n) is 17.3. The number of H-pyrrole nitrogens is 1. The molecule has 0 unspecified atom stereocenters. The second kappa shape index (κ2) is 7.75. The van der Waals surface area contributed by atoms with E-state index in [1.165, 1.54) is 7.11 Å². The zero-order valence-corrected chi connectivity index (χ0v) is 18.1. The van der Waals surface area contributed by atoms with Crippen molar-refractivity contribution < 1.29 is 9.53 Å². The number of nitrogens with zero attached hydrogens (tertiary/aromatic N) is 1. The van der Waals surface area contributed by atoms with Gasteiger partial charge in [0.1, 0.15) is 16.5 Å². The van der Waals surface area contributed by atoms with Crippen LogP contribution in [-0.2, 0) is 14.3 Å². The molecule has 0 saturated carbocycles. The lowest BCUT2D eigenvalue weighted by molar-refractivity contribution is -0.144. The largest absolute Gasteiger partial charge is 0.468 e. The SMILES string of the molecule is COC(=O)[C@@H]1C(C)=C(c2ccccc2)S[C@@]1(c1ccccc1)c1nc2ccccc2[nH]1. The molecule has 4 nitrogen and oxygen atoms in total. The fourth-order valence-electron chi connectivity index (χ4n) is 4.43. The van der Waals surface area contributed by atoms with E-state index in [9.17, 15) is 4.79 Å². The van der Waals surface area contributed by atoms with Crippen LogP contribution in [0.25, 0.3) is 15.9 Å². The van der Waals surface area contributed by atoms with Crippen LogP contribution in [0.1, 0.15) is 23.9 Å². The summed E-state index contributed by atoms with van der Waals surface area (Å²) in [6.07, 6.45) is 0. The second-order valence-corrected chi connectivity index (χ2v) is 8.90. The van der Waals surface area contributed by atoms with Crippen LogP contribution in [0.5, 0.6) is 0 Å². The van der Waals surface area contributed by atoms with Crippen LogP contribution in [0, 0.1) is 5.92 Å². The average Bonchev–Trinajstić information content (AvgIpc) is 3.39. The lowest BCUT2D eigenvalue weighted by Crippen LogP contribution is -2.37. The Labute approximate surface area is 185 Å². The predicted octanol–water partition coefficient (Wildman–Crippen LogP) is 5.77. The van der Waals surface area contributed by atoms with Crippen LogP contribution in [0.15, 0.2) is 90.5 Å². The summed E-state index contributed by atoms with van der Waals surface area (Å²) >= 11 is 1.68. The summed E-state index contributed by atoms with van der Waals surface area (Å²) in [5, 5.41) is 0. The monoisotopic (exact) mass is 426 g/mol. The number of ether oxygens (including phenoxy) is 1. The number of aromatic amines is 1. The van der Waals surface area contributed by atoms with Gasteiger partial charge >= 0.3 is 5.97 Å². The van der Waals surface area contributed by atoms with Crippen molar-refractivity contribution in [2.45, 2.75) is 11.7 Å². The van der Waals surface area contributed by atoms with E-state index in [1.807, 2.05) is 67.6 Å². The first-order valence-electron chi connectivity index (χ1n) is 10.2. The summed E-state index contributed by atoms with van der Waals surface area (Å²) in [4.78, 5) is 22.8. The zero-order chi connectivity index (χ0) is 21.4. The van der Waals surface area contributed by atoms with Crippen LogP contribution in [0.4, 0.5) is 0 Å². The number of benzene rings is 3. The van der Waals surface area contributed by atoms with Gasteiger partial charge in [-0.1, -0.05) is 72.8 Å². The standard InChI is InChI=1S/C26H22N2O2S/c1-17-22(24(29)30-2)26(19-13-7-4-8-14-19,31-23(17)18-11-5-3-6-12-18)25-27-20-15-9-10-16-21(20)28-25/h3-16,22H,1-2H3,(H,27,28)/t22-,26+/m0/s1. The number of rotatable bonds is 4. The number of thioether (sulfide) groups is 1. The van der Waals surface area contributed by atoms with Gasteiger partial charge in [0, 0.05) is 4.91 Å². The topological polar surface area (TPSA) is 55.0 Å². The number of imidazole rings is 1. The maximum Gasteiger partial charge on any atom is 0.315 e. The molecule has 31 heavy (non-hydrogen) atoms. The number of fused-ring (bicyclic) bond motifs is 1. The molecule has 2 atom stereocenters. The molecule has 0 aliphatic carbocycles. The lowest BCUT2D eigenvalue weighted by Gasteiger charge is -2.33. The first-order valence-corrected chi connectivity index (χ1v) is 11.0. The molecule has 1 N–H and O–H groups in total. The summed E-state index contributed by atoms with van der Waals surface area (Å²) in [5.41, 5.74) is 4.92. The Morgan fingerprint density at radius 1 is 0.968 bits per heavy atom. The molecule has 4 aromatic rings. The molecule has 154 valence electrons. The van der Waals surface area contributed by atoms with Gasteiger partial charge in [0.05, 0.1) is 18.1 Å². The quantitative estimate of drug-likeness (QED) is 0.421. The Morgan fingerprint density at radius 3 is 2.29 bits per heavy atom. The Kier molecular flexibility index (Phi) is 4.91. The van der Waals surface area contributed by atoms with E-state index in [2.05, 4.69) is 29.2 Å². The number of methoxy groups -OCH3 is 1. The number of carbonyl (C=O) groups excluding carboxylic acids is 1. The Hall–Kier alpha value is -3.31. The van der Waals surface area contributed by atoms with Crippen LogP contribution in [-0.4, -0.2) is 23.0 Å². The Balaban J connectivity index is 1.80. The molecule has 0 spiro atoms. The highest BCUT2D eigenvalue weighted by atomic mass is 32.2. The van der Waals surface area contributed by atoms with E-state index in [0.717, 1.165) is 38.5 Å². The molecule has 1 aromatic heterocycles. The van der Waals surface area contributed by atoms with Crippen molar-refractivity contribution in [2.24, 2.45) is 5.92 Å². The van der Waals surface area contributed by atoms with Gasteiger partial charge in [-0.05, 0) is 35.8 Å². The second-order valence-electron chi connectivity index (χ2n) is 7.64. The molecule has 0 saturated heterocycles. The Bertz CT molecular complexity index is 1250. The molecule has 0 amide bonds. The predicted molar refractivity (Wildman–Crippen MR) is 125 cm³/mol. The minimum atomic E-state index is -0.761. The number of aromatic nitrogens is 2. The van der Waals surface area contributed by atoms with Crippen molar-refractivity contribution in [3.63, 3.8) is 0 Å². The summed E-state index contributed by atoms with van der Waals surface area (Å²) in [6, 6.07) is 28.3. The number of nitrogens with one attached hydrogen (secondary N) is 1. The van der Waals surface area contributed by atoms with E-state index < -0.39 is 10.7 Å². The fourth-order valence-corrected chi connectivity index (χ4v) is 6.13. The summed E-state index contributed by atoms with van der Waals surface area (Å²) in [6.45, 7) is 2.03. The maximum absolute atomic E-state index is 13.3. The number of hydrogen-bond donors (Lipinski definition) is 1. The molecule has 1 aliphatic rings. The summed E-state index contributed by atoms with van der Waals surface area (Å²) < 4.78 is 4.57. The number of esters is 1. The van der Waals surface area contributed by atoms with Crippen molar-refractivity contribution in [3.05, 3.63) is 107 Å². The number of para-hydroxylation sites is 2. The van der Waals surface area contributed by atoms with E-state index in [1.54, 1.807) is 11.8 Å². The van der Waals surface area contributed by atoms with E-state index in [4.69, 9.17) is 9.72 Å². The normalized spacial score (nSPS) is 20.9. The molecule has 0 bridgehead atoms. The van der Waals surface area contributed by atoms with Gasteiger partial charge in [-0.3, -0.25) is 4.79 Å². The van der Waals surface area contributed by atoms with Gasteiger partial charge in [0.25, 0.3) is 0 Å². The van der Waals surface area contributed by atoms with E-state index in [-0.39, 0.29) is 5.97 Å². The van der Waals surface area contributed by atoms with Crippen LogP contribution in [0.2, 0.25) is 0 Å². The van der Waals surface area contributed by atoms with Crippen molar-refractivity contribution >= 4 is 33.7 Å². The third-order valence-corrected chi connectivity index (χ3v) is 7.63. The van der Waals surface area contributed by atoms with Gasteiger partial charge in [-0.25, -0.2) is 4.98 Å². The summed E-state index contributed by atoms with van der Waals surface area (Å²) in [5.74, 6) is -0.0218. The van der Waals surface area contributed by atoms with Crippen molar-refractivity contribution in [3.8, 4) is 0 Å². The van der Waals surface area contributed by atoms with E-state index >= 15 is 0 Å². The maximum atomic E-state index is 13.3. The highest BCUT2D eigenvalue weighted by Gasteiger charge is 2.56. The van der Waals surface area contributed by atoms with Gasteiger partial charge in [0.15, 0.2) is 0 Å². The first-order chi connectivity index (χ1) is 15.1. The molecule has 2 heterocycles. The molecule has 0 radical (unpaired) electrons. The smallest absolute Gasteiger partial charge is 0.315 e. The molecule has 5 rings (SSSR count). The third-order valence-electron chi connectivity index (χ3n) is 5.88. The average molecular weight is 427 g/mol. The molecule has 5 heteroatoms. The molecular weight excluding hydrogens is 404 g/mol. The third kappa shape index (κ3) is 3.08. The minimum Gasteiger partial charge on any atom is -0.468 e. The highest BCUT2D eigenvalue weighted by Crippen LogP contribution is 2.62. The van der Waals surface area contributed by atoms with Crippen molar-refractivity contribution in [1.29, 1.82) is 0 Å². The number of hydrogen-bond acceptors (Lipinski definition) is 4. The van der Waals surface area contributed by atoms with Crippen molar-refractivity contribution in [1.82, 2.24) is 9.97 Å². The van der Waals surface area contributed by atoms with Crippen molar-refractivity contribution in [2.75, 3.05) is 7.11 Å². The minimum absolute atomic E-state index is 0.264. The molecular formula is C26H22N2O2S.